The number of aliphatic hydroxyl groups excluding tert-OH is 4. The van der Waals surface area contributed by atoms with Crippen molar-refractivity contribution in [3.05, 3.63) is 23.8 Å². The maximum Gasteiger partial charge on any atom is 0.309 e. The van der Waals surface area contributed by atoms with E-state index in [1.165, 1.54) is 12.2 Å². The fourth-order valence-corrected chi connectivity index (χ4v) is 11.5. The number of hydrogen-bond donors (Lipinski definition) is 6. The van der Waals surface area contributed by atoms with Crippen LogP contribution in [0, 0.1) is 34.5 Å². The predicted octanol–water partition coefficient (Wildman–Crippen LogP) is 3.75. The molecule has 1 aliphatic heterocycles. The average molecular weight is 783 g/mol. The SMILES string of the molecule is CC[C@H]1OC(=O)[C@H](C)C[C@H](C)C[C@H](O)CCCN(CCCNC(=O)[C@@]2(O)CCC3C4C[C@H](F)C5=CC(=O)C=C[C@]5(C)[C@@]4(Cl)[C@@H](O)C[C@@]32C)[C@H](C)[C@@H](O)[C@@H]1O. The van der Waals surface area contributed by atoms with Gasteiger partial charge < -0.3 is 35.6 Å². The molecule has 13 heteroatoms. The second-order valence-electron chi connectivity index (χ2n) is 17.8. The molecule has 15 atom stereocenters. The number of allylic oxidation sites excluding steroid dienone is 4. The number of hydrogen-bond acceptors (Lipinski definition) is 10. The highest BCUT2D eigenvalue weighted by Gasteiger charge is 2.74. The molecule has 2 unspecified atom stereocenters. The number of ketones is 1. The van der Waals surface area contributed by atoms with E-state index in [4.69, 9.17) is 16.3 Å². The fraction of sp³-hybridized carbons (Fsp3) is 0.829. The van der Waals surface area contributed by atoms with Gasteiger partial charge in [0.05, 0.1) is 29.1 Å². The van der Waals surface area contributed by atoms with E-state index in [2.05, 4.69) is 5.32 Å². The first-order chi connectivity index (χ1) is 25.2. The lowest BCUT2D eigenvalue weighted by molar-refractivity contribution is -0.175. The summed E-state index contributed by atoms with van der Waals surface area (Å²) < 4.78 is 21.5. The van der Waals surface area contributed by atoms with Crippen molar-refractivity contribution in [2.45, 2.75) is 159 Å². The summed E-state index contributed by atoms with van der Waals surface area (Å²) >= 11 is 7.41. The summed E-state index contributed by atoms with van der Waals surface area (Å²) in [6.45, 7) is 12.0. The maximum absolute atomic E-state index is 15.8. The topological polar surface area (TPSA) is 177 Å². The van der Waals surface area contributed by atoms with Gasteiger partial charge in [-0.2, -0.15) is 0 Å². The smallest absolute Gasteiger partial charge is 0.309 e. The molecule has 4 fully saturated rings. The van der Waals surface area contributed by atoms with Gasteiger partial charge in [0.15, 0.2) is 5.78 Å². The molecule has 1 heterocycles. The molecule has 3 saturated carbocycles. The van der Waals surface area contributed by atoms with Gasteiger partial charge >= 0.3 is 5.97 Å². The highest BCUT2D eigenvalue weighted by atomic mass is 35.5. The van der Waals surface area contributed by atoms with Gasteiger partial charge in [0.25, 0.3) is 5.91 Å². The van der Waals surface area contributed by atoms with Crippen molar-refractivity contribution in [2.24, 2.45) is 34.5 Å². The minimum Gasteiger partial charge on any atom is -0.459 e. The molecule has 0 bridgehead atoms. The Morgan fingerprint density at radius 2 is 1.76 bits per heavy atom. The molecule has 1 amide bonds. The first kappa shape index (κ1) is 43.2. The number of nitrogens with one attached hydrogen (secondary N) is 1. The Labute approximate surface area is 324 Å². The molecule has 4 aliphatic carbocycles. The van der Waals surface area contributed by atoms with Crippen LogP contribution in [0.4, 0.5) is 4.39 Å². The summed E-state index contributed by atoms with van der Waals surface area (Å²) in [6, 6.07) is -0.551. The van der Waals surface area contributed by atoms with Gasteiger partial charge in [0, 0.05) is 30.0 Å². The molecule has 0 radical (unpaired) electrons. The lowest BCUT2D eigenvalue weighted by atomic mass is 9.45. The number of alkyl halides is 2. The number of nitrogens with zero attached hydrogens (tertiary/aromatic N) is 1. The van der Waals surface area contributed by atoms with E-state index in [0.717, 1.165) is 0 Å². The zero-order valence-corrected chi connectivity index (χ0v) is 33.6. The molecule has 11 nitrogen and oxygen atoms in total. The van der Waals surface area contributed by atoms with Crippen LogP contribution in [0.2, 0.25) is 0 Å². The van der Waals surface area contributed by atoms with Crippen molar-refractivity contribution in [1.82, 2.24) is 10.2 Å². The van der Waals surface area contributed by atoms with Crippen LogP contribution in [0.15, 0.2) is 23.8 Å². The second kappa shape index (κ2) is 16.5. The number of rotatable bonds is 6. The van der Waals surface area contributed by atoms with Crippen LogP contribution in [0.25, 0.3) is 0 Å². The third kappa shape index (κ3) is 7.59. The van der Waals surface area contributed by atoms with Crippen LogP contribution >= 0.6 is 11.6 Å². The van der Waals surface area contributed by atoms with Crippen LogP contribution in [-0.2, 0) is 19.1 Å². The number of aliphatic hydroxyl groups is 5. The highest BCUT2D eigenvalue weighted by Crippen LogP contribution is 2.70. The van der Waals surface area contributed by atoms with E-state index in [0.29, 0.717) is 58.0 Å². The Kier molecular flexibility index (Phi) is 13.2. The number of carbonyl (C=O) groups is 3. The predicted molar refractivity (Wildman–Crippen MR) is 202 cm³/mol. The Balaban J connectivity index is 1.26. The molecule has 0 aromatic heterocycles. The highest BCUT2D eigenvalue weighted by molar-refractivity contribution is 6.26. The molecule has 6 N–H and O–H groups in total. The molecule has 306 valence electrons. The van der Waals surface area contributed by atoms with Crippen molar-refractivity contribution < 1.29 is 49.0 Å². The van der Waals surface area contributed by atoms with Gasteiger partial charge in [-0.05, 0) is 113 Å². The summed E-state index contributed by atoms with van der Waals surface area (Å²) in [6.07, 6.45) is 1.14. The average Bonchev–Trinajstić information content (AvgIpc) is 3.38. The van der Waals surface area contributed by atoms with Crippen LogP contribution in [0.5, 0.6) is 0 Å². The van der Waals surface area contributed by atoms with Crippen molar-refractivity contribution in [2.75, 3.05) is 19.6 Å². The second-order valence-corrected chi connectivity index (χ2v) is 18.4. The van der Waals surface area contributed by atoms with Crippen molar-refractivity contribution in [1.29, 1.82) is 0 Å². The minimum absolute atomic E-state index is 0.0201. The maximum atomic E-state index is 15.8. The van der Waals surface area contributed by atoms with E-state index in [-0.39, 0.29) is 49.0 Å². The molecule has 0 aromatic rings. The molecule has 1 saturated heterocycles. The standard InChI is InChI=1S/C41H64ClFN2O9/c1-7-32-35(50)34(49)25(4)45(16-8-10-26(46)19-23(2)18-24(3)36(51)54-32)17-9-15-44-37(52)40(53)14-12-28-29-21-31(43)30-20-27(47)11-13-38(30,5)41(29,42)33(48)22-39(28,40)6/h11,13,20,23-26,28-29,31-35,46,48-50,53H,7-10,12,14-19,21-22H2,1-6H3,(H,44,52)/t23-,24+,25+,26+,28?,29?,31-,32+,33-,34+,35+,38-,39-,40-,41-/m0/s1. The summed E-state index contributed by atoms with van der Waals surface area (Å²) in [7, 11) is 0. The van der Waals surface area contributed by atoms with Gasteiger partial charge in [-0.3, -0.25) is 19.3 Å². The molecular weight excluding hydrogens is 719 g/mol. The van der Waals surface area contributed by atoms with E-state index >= 15 is 4.39 Å². The van der Waals surface area contributed by atoms with Crippen LogP contribution in [0.3, 0.4) is 0 Å². The lowest BCUT2D eigenvalue weighted by Crippen LogP contribution is -2.70. The lowest BCUT2D eigenvalue weighted by Gasteiger charge is -2.64. The minimum atomic E-state index is -1.84. The van der Waals surface area contributed by atoms with Gasteiger partial charge in [-0.15, -0.1) is 11.6 Å². The Morgan fingerprint density at radius 1 is 1.06 bits per heavy atom. The molecular formula is C41H64ClFN2O9. The number of esters is 1. The van der Waals surface area contributed by atoms with Crippen LogP contribution in [0.1, 0.15) is 106 Å². The van der Waals surface area contributed by atoms with Crippen molar-refractivity contribution in [3.8, 4) is 0 Å². The Bertz CT molecular complexity index is 1460. The van der Waals surface area contributed by atoms with E-state index < -0.39 is 87.8 Å². The van der Waals surface area contributed by atoms with E-state index in [9.17, 15) is 39.9 Å². The number of amides is 1. The molecule has 0 spiro atoms. The zero-order chi connectivity index (χ0) is 40.0. The van der Waals surface area contributed by atoms with E-state index in [1.54, 1.807) is 40.7 Å². The number of cyclic esters (lactones) is 1. The summed E-state index contributed by atoms with van der Waals surface area (Å²) in [5, 5.41) is 60.1. The Hall–Kier alpha value is -1.93. The summed E-state index contributed by atoms with van der Waals surface area (Å²) in [4.78, 5) is 39.7. The largest absolute Gasteiger partial charge is 0.459 e. The first-order valence-corrected chi connectivity index (χ1v) is 20.6. The van der Waals surface area contributed by atoms with Crippen LogP contribution < -0.4 is 5.32 Å². The Morgan fingerprint density at radius 3 is 2.44 bits per heavy atom. The third-order valence-electron chi connectivity index (χ3n) is 14.4. The number of ether oxygens (including phenoxy) is 1. The van der Waals surface area contributed by atoms with Gasteiger partial charge in [0.1, 0.15) is 24.0 Å². The molecule has 5 rings (SSSR count). The number of fused-ring (bicyclic) bond motifs is 5. The normalized spacial score (nSPS) is 46.6. The quantitative estimate of drug-likeness (QED) is 0.132. The van der Waals surface area contributed by atoms with Gasteiger partial charge in [0.2, 0.25) is 0 Å². The van der Waals surface area contributed by atoms with Gasteiger partial charge in [-0.25, -0.2) is 4.39 Å². The first-order valence-electron chi connectivity index (χ1n) is 20.2. The van der Waals surface area contributed by atoms with Crippen molar-refractivity contribution in [3.63, 3.8) is 0 Å². The number of carbonyl (C=O) groups excluding carboxylic acids is 3. The zero-order valence-electron chi connectivity index (χ0n) is 32.8. The summed E-state index contributed by atoms with van der Waals surface area (Å²) in [5.74, 6) is -2.59. The fourth-order valence-electron chi connectivity index (χ4n) is 11.0. The summed E-state index contributed by atoms with van der Waals surface area (Å²) in [5.41, 5.74) is -3.79. The number of halogens is 2. The third-order valence-corrected chi connectivity index (χ3v) is 15.3. The molecule has 54 heavy (non-hydrogen) atoms. The molecule has 5 aliphatic rings. The van der Waals surface area contributed by atoms with Crippen molar-refractivity contribution >= 4 is 29.3 Å². The van der Waals surface area contributed by atoms with Gasteiger partial charge in [-0.1, -0.05) is 40.7 Å². The molecule has 0 aromatic carbocycles. The van der Waals surface area contributed by atoms with Crippen LogP contribution in [-0.4, -0.2) is 121 Å². The van der Waals surface area contributed by atoms with E-state index in [1.807, 2.05) is 11.8 Å². The monoisotopic (exact) mass is 782 g/mol.